The van der Waals surface area contributed by atoms with Crippen molar-refractivity contribution in [3.8, 4) is 0 Å². The molecule has 6 rings (SSSR count). The number of para-hydroxylation sites is 2. The quantitative estimate of drug-likeness (QED) is 0.0584. The van der Waals surface area contributed by atoms with E-state index in [-0.39, 0.29) is 85.0 Å². The number of aromatic nitrogens is 1. The van der Waals surface area contributed by atoms with Gasteiger partial charge in [0.2, 0.25) is 17.3 Å². The molecule has 4 heterocycles. The number of allylic oxidation sites excluding steroid dienone is 2. The van der Waals surface area contributed by atoms with Crippen LogP contribution in [0.25, 0.3) is 16.3 Å². The van der Waals surface area contributed by atoms with E-state index in [4.69, 9.17) is 4.84 Å². The Hall–Kier alpha value is -2.98. The molecule has 2 unspecified atom stereocenters. The van der Waals surface area contributed by atoms with Crippen molar-refractivity contribution in [3.63, 3.8) is 0 Å². The van der Waals surface area contributed by atoms with Gasteiger partial charge in [-0.1, -0.05) is 35.6 Å². The van der Waals surface area contributed by atoms with Gasteiger partial charge in [0.15, 0.2) is 36.3 Å². The third kappa shape index (κ3) is 9.51. The molecule has 1 aromatic heterocycles. The van der Waals surface area contributed by atoms with Gasteiger partial charge in [0.05, 0.1) is 11.4 Å². The van der Waals surface area contributed by atoms with Crippen LogP contribution in [-0.2, 0) is 50.1 Å². The molecular formula is C34H36N4NaO11S4+. The Morgan fingerprint density at radius 2 is 1.69 bits per heavy atom. The standard InChI is InChI=1S/C34H36N4O11S4.Na/c39-28(35-18-6-5-13-34(42)49-37-29(40)16-17-30(37)41)15-14-23(20-31-36(22-52(43,44)45)24-8-1-3-10-26(24)50-31)21-32-38(19-7-12-33(38)53(46,47)48)25-9-2-4-11-27(25)51-32;/h1-4,8-11,20-21,33H,5-7,12-19,22H2,(H-2,35,39,43,44,45,46,47,48);/q;+1/b23-20+,32-21-;. The van der Waals surface area contributed by atoms with Crippen LogP contribution >= 0.6 is 23.1 Å². The van der Waals surface area contributed by atoms with E-state index >= 15 is 0 Å². The minimum atomic E-state index is -4.75. The summed E-state index contributed by atoms with van der Waals surface area (Å²) < 4.78 is 75.9. The van der Waals surface area contributed by atoms with E-state index < -0.39 is 49.3 Å². The average Bonchev–Trinajstić information content (AvgIpc) is 3.85. The van der Waals surface area contributed by atoms with Crippen LogP contribution in [0.3, 0.4) is 0 Å². The van der Waals surface area contributed by atoms with Crippen molar-refractivity contribution >= 4 is 89.0 Å². The normalized spacial score (nSPS) is 20.9. The van der Waals surface area contributed by atoms with Crippen LogP contribution < -0.4 is 43.9 Å². The third-order valence-corrected chi connectivity index (χ3v) is 13.4. The van der Waals surface area contributed by atoms with Crippen molar-refractivity contribution in [2.24, 2.45) is 0 Å². The molecule has 1 spiro atoms. The van der Waals surface area contributed by atoms with Crippen LogP contribution in [0.15, 0.2) is 70.1 Å². The Morgan fingerprint density at radius 3 is 2.41 bits per heavy atom. The Bertz CT molecular complexity index is 2240. The minimum absolute atomic E-state index is 0. The van der Waals surface area contributed by atoms with Gasteiger partial charge in [-0.3, -0.25) is 14.4 Å². The summed E-state index contributed by atoms with van der Waals surface area (Å²) in [4.78, 5) is 54.1. The largest absolute Gasteiger partial charge is 1.00 e. The maximum absolute atomic E-state index is 13.1. The number of unbranched alkanes of at least 4 members (excludes halogenated alkanes) is 1. The van der Waals surface area contributed by atoms with Crippen molar-refractivity contribution in [3.05, 3.63) is 70.2 Å². The molecular weight excluding hydrogens is 792 g/mol. The molecule has 3 aliphatic heterocycles. The summed E-state index contributed by atoms with van der Waals surface area (Å²) >= 11 is 2.59. The van der Waals surface area contributed by atoms with Gasteiger partial charge in [0.1, 0.15) is 4.70 Å². The van der Waals surface area contributed by atoms with Gasteiger partial charge in [0, 0.05) is 69.4 Å². The van der Waals surface area contributed by atoms with Gasteiger partial charge in [-0.05, 0) is 48.7 Å². The van der Waals surface area contributed by atoms with E-state index in [0.717, 1.165) is 9.60 Å². The number of carbonyl (C=O) groups is 4. The molecule has 0 radical (unpaired) electrons. The number of thiazole rings is 1. The van der Waals surface area contributed by atoms with Crippen LogP contribution in [-0.4, -0.2) is 73.2 Å². The van der Waals surface area contributed by atoms with E-state index in [1.807, 2.05) is 18.2 Å². The minimum Gasteiger partial charge on any atom is -0.743 e. The zero-order chi connectivity index (χ0) is 38.0. The van der Waals surface area contributed by atoms with Gasteiger partial charge < -0.3 is 19.3 Å². The predicted molar refractivity (Wildman–Crippen MR) is 193 cm³/mol. The number of imide groups is 1. The number of hydrogen-bond acceptors (Lipinski definition) is 13. The Kier molecular flexibility index (Phi) is 13.6. The number of hydrogen-bond donors (Lipinski definition) is 1. The molecule has 2 aromatic carbocycles. The molecule has 3 aromatic rings. The molecule has 0 saturated carbocycles. The number of amides is 3. The van der Waals surface area contributed by atoms with Crippen molar-refractivity contribution in [1.82, 2.24) is 14.9 Å². The SMILES string of the molecule is O=C(CCC(/C=C1\Sc2ccccc2[N+]12CCCC2S(=O)(=O)[O-])=C\c1sc2ccccc2[n+]1CS(=O)(=O)[O-])NCCCCC(=O)ON1C(=O)CCC1=O.[Na+]. The second-order valence-corrected chi connectivity index (χ2v) is 17.9. The molecule has 282 valence electrons. The maximum atomic E-state index is 13.1. The molecule has 2 fully saturated rings. The maximum Gasteiger partial charge on any atom is 1.00 e. The number of benzene rings is 2. The van der Waals surface area contributed by atoms with Gasteiger partial charge in [0.25, 0.3) is 16.8 Å². The Balaban J connectivity index is 0.00000561. The van der Waals surface area contributed by atoms with Crippen molar-refractivity contribution in [2.75, 3.05) is 13.1 Å². The van der Waals surface area contributed by atoms with Crippen molar-refractivity contribution in [2.45, 2.75) is 73.9 Å². The second-order valence-electron chi connectivity index (χ2n) is 12.8. The monoisotopic (exact) mass is 827 g/mol. The number of quaternary nitrogens is 1. The number of nitrogens with zero attached hydrogens (tertiary/aromatic N) is 3. The summed E-state index contributed by atoms with van der Waals surface area (Å²) in [7, 11) is -9.46. The molecule has 2 saturated heterocycles. The summed E-state index contributed by atoms with van der Waals surface area (Å²) in [5, 5.41) is 3.02. The van der Waals surface area contributed by atoms with Crippen molar-refractivity contribution in [1.29, 1.82) is 0 Å². The van der Waals surface area contributed by atoms with E-state index in [0.29, 0.717) is 57.7 Å². The fraction of sp³-hybridized carbons (Fsp3) is 0.382. The fourth-order valence-corrected chi connectivity index (χ4v) is 11.3. The Morgan fingerprint density at radius 1 is 0.981 bits per heavy atom. The number of nitrogens with one attached hydrogen (secondary N) is 1. The summed E-state index contributed by atoms with van der Waals surface area (Å²) in [6.45, 7) is 0.588. The third-order valence-electron chi connectivity index (χ3n) is 9.20. The van der Waals surface area contributed by atoms with Gasteiger partial charge in [-0.2, -0.15) is 4.57 Å². The summed E-state index contributed by atoms with van der Waals surface area (Å²) in [5.74, 6) is -3.03. The molecule has 54 heavy (non-hydrogen) atoms. The van der Waals surface area contributed by atoms with E-state index in [2.05, 4.69) is 5.32 Å². The van der Waals surface area contributed by atoms with Gasteiger partial charge >= 0.3 is 35.5 Å². The number of thioether (sulfide) groups is 1. The first-order valence-corrected chi connectivity index (χ1v) is 21.5. The zero-order valence-corrected chi connectivity index (χ0v) is 34.6. The smallest absolute Gasteiger partial charge is 0.743 e. The summed E-state index contributed by atoms with van der Waals surface area (Å²) in [6, 6.07) is 14.3. The summed E-state index contributed by atoms with van der Waals surface area (Å²) in [5.41, 5.74) is 1.76. The van der Waals surface area contributed by atoms with Crippen LogP contribution in [0.1, 0.15) is 62.8 Å². The molecule has 0 aliphatic carbocycles. The Labute approximate surface area is 342 Å². The van der Waals surface area contributed by atoms with Crippen LogP contribution in [0, 0.1) is 0 Å². The first-order chi connectivity index (χ1) is 25.2. The molecule has 0 bridgehead atoms. The fourth-order valence-electron chi connectivity index (χ4n) is 6.83. The molecule has 15 nitrogen and oxygen atoms in total. The van der Waals surface area contributed by atoms with Crippen LogP contribution in [0.2, 0.25) is 0 Å². The first-order valence-electron chi connectivity index (χ1n) is 16.9. The molecule has 3 amide bonds. The topological polar surface area (TPSA) is 211 Å². The number of hydroxylamine groups is 2. The average molecular weight is 828 g/mol. The van der Waals surface area contributed by atoms with Crippen LogP contribution in [0.4, 0.5) is 5.69 Å². The number of fused-ring (bicyclic) bond motifs is 3. The zero-order valence-electron chi connectivity index (χ0n) is 29.3. The summed E-state index contributed by atoms with van der Waals surface area (Å²) in [6.07, 6.45) is 4.86. The molecule has 2 atom stereocenters. The van der Waals surface area contributed by atoms with Gasteiger partial charge in [-0.15, -0.1) is 5.06 Å². The van der Waals surface area contributed by atoms with Crippen LogP contribution in [0.5, 0.6) is 0 Å². The first kappa shape index (κ1) is 42.2. The number of carbonyl (C=O) groups excluding carboxylic acids is 4. The molecule has 3 aliphatic rings. The molecule has 1 N–H and O–H groups in total. The number of rotatable bonds is 14. The van der Waals surface area contributed by atoms with E-state index in [9.17, 15) is 45.1 Å². The molecule has 20 heteroatoms. The van der Waals surface area contributed by atoms with Crippen molar-refractivity contribution < 1.29 is 84.1 Å². The van der Waals surface area contributed by atoms with E-state index in [1.54, 1.807) is 42.5 Å². The predicted octanol–water partition coefficient (Wildman–Crippen LogP) is 0.373. The van der Waals surface area contributed by atoms with Gasteiger partial charge in [-0.25, -0.2) is 26.1 Å². The van der Waals surface area contributed by atoms with E-state index in [1.165, 1.54) is 27.7 Å². The second kappa shape index (κ2) is 17.4.